The van der Waals surface area contributed by atoms with Crippen molar-refractivity contribution in [2.24, 2.45) is 0 Å². The summed E-state index contributed by atoms with van der Waals surface area (Å²) in [4.78, 5) is 10.8. The van der Waals surface area contributed by atoms with E-state index in [1.807, 2.05) is 12.1 Å². The molecule has 3 rings (SSSR count). The third-order valence-electron chi connectivity index (χ3n) is 5.58. The molecule has 0 atom stereocenters. The number of hydrogen-bond acceptors (Lipinski definition) is 4. The number of benzene rings is 2. The molecule has 0 saturated heterocycles. The Balaban J connectivity index is 1.97. The molecule has 0 saturated carbocycles. The Kier molecular flexibility index (Phi) is 4.89. The molecule has 0 spiro atoms. The zero-order valence-electron chi connectivity index (χ0n) is 16.5. The van der Waals surface area contributed by atoms with E-state index >= 15 is 0 Å². The van der Waals surface area contributed by atoms with Crippen LogP contribution < -0.4 is 5.11 Å². The molecule has 0 N–H and O–H groups in total. The van der Waals surface area contributed by atoms with Crippen molar-refractivity contribution in [2.45, 2.75) is 56.3 Å². The Morgan fingerprint density at radius 3 is 2.07 bits per heavy atom. The average Bonchev–Trinajstić information content (AvgIpc) is 2.64. The molecule has 0 amide bonds. The van der Waals surface area contributed by atoms with Crippen LogP contribution in [0.15, 0.2) is 47.4 Å². The molecule has 2 aromatic rings. The zero-order valence-corrected chi connectivity index (χ0v) is 17.3. The van der Waals surface area contributed by atoms with Gasteiger partial charge in [-0.3, -0.25) is 0 Å². The van der Waals surface area contributed by atoms with Crippen LogP contribution in [-0.4, -0.2) is 14.4 Å². The fourth-order valence-corrected chi connectivity index (χ4v) is 4.49. The summed E-state index contributed by atoms with van der Waals surface area (Å²) in [5, 5.41) is 13.2. The number of fused-ring (bicyclic) bond motifs is 1. The number of sulfone groups is 1. The maximum absolute atomic E-state index is 12.5. The number of carboxylic acid groups (broad SMARTS) is 1. The highest BCUT2D eigenvalue weighted by molar-refractivity contribution is 7.96. The van der Waals surface area contributed by atoms with Gasteiger partial charge in [-0.25, -0.2) is 8.42 Å². The molecule has 5 heteroatoms. The van der Waals surface area contributed by atoms with Crippen LogP contribution in [0.4, 0.5) is 0 Å². The molecule has 0 aliphatic heterocycles. The minimum atomic E-state index is -3.85. The third-order valence-corrected chi connectivity index (χ3v) is 6.85. The van der Waals surface area contributed by atoms with Crippen molar-refractivity contribution in [3.63, 3.8) is 0 Å². The molecule has 2 aromatic carbocycles. The van der Waals surface area contributed by atoms with Crippen LogP contribution in [-0.2, 0) is 20.7 Å². The van der Waals surface area contributed by atoms with Gasteiger partial charge in [-0.1, -0.05) is 45.9 Å². The number of hydrogen-bond donors (Lipinski definition) is 0. The first kappa shape index (κ1) is 20.2. The van der Waals surface area contributed by atoms with Crippen LogP contribution in [0.5, 0.6) is 0 Å². The molecule has 1 aliphatic carbocycles. The highest BCUT2D eigenvalue weighted by Gasteiger charge is 2.36. The topological polar surface area (TPSA) is 74.3 Å². The van der Waals surface area contributed by atoms with Gasteiger partial charge < -0.3 is 9.90 Å². The van der Waals surface area contributed by atoms with Crippen molar-refractivity contribution < 1.29 is 18.3 Å². The zero-order chi connectivity index (χ0) is 20.7. The van der Waals surface area contributed by atoms with E-state index in [2.05, 4.69) is 44.9 Å². The fourth-order valence-electron chi connectivity index (χ4n) is 3.62. The van der Waals surface area contributed by atoms with Crippen LogP contribution in [0.25, 0.3) is 0 Å². The van der Waals surface area contributed by atoms with Gasteiger partial charge in [0.15, 0.2) is 0 Å². The van der Waals surface area contributed by atoms with Gasteiger partial charge >= 0.3 is 0 Å². The summed E-state index contributed by atoms with van der Waals surface area (Å²) in [6.45, 7) is 8.86. The summed E-state index contributed by atoms with van der Waals surface area (Å²) in [6.07, 6.45) is 2.17. The van der Waals surface area contributed by atoms with Crippen LogP contribution in [0, 0.1) is 11.2 Å². The largest absolute Gasteiger partial charge is 0.545 e. The van der Waals surface area contributed by atoms with Crippen molar-refractivity contribution >= 4 is 15.8 Å². The Labute approximate surface area is 166 Å². The Morgan fingerprint density at radius 1 is 0.929 bits per heavy atom. The van der Waals surface area contributed by atoms with Gasteiger partial charge in [0, 0.05) is 10.8 Å². The van der Waals surface area contributed by atoms with Gasteiger partial charge in [-0.15, -0.1) is 0 Å². The molecule has 0 bridgehead atoms. The van der Waals surface area contributed by atoms with Gasteiger partial charge in [-0.2, -0.15) is 0 Å². The van der Waals surface area contributed by atoms with Crippen LogP contribution in [0.1, 0.15) is 67.6 Å². The minimum absolute atomic E-state index is 0.0160. The van der Waals surface area contributed by atoms with Crippen LogP contribution in [0.2, 0.25) is 0 Å². The number of aromatic carboxylic acids is 1. The standard InChI is InChI=1S/C23H24O4S/c1-22(2)12-13-23(3,4)20-15-16(5-10-19(20)22)11-14-28(26,27)18-8-6-17(7-9-18)21(24)25/h5-10,15H,12-13H2,1-4H3,(H,24,25)/p-1. The van der Waals surface area contributed by atoms with Crippen LogP contribution >= 0.6 is 0 Å². The van der Waals surface area contributed by atoms with E-state index < -0.39 is 15.8 Å². The van der Waals surface area contributed by atoms with E-state index in [4.69, 9.17) is 0 Å². The highest BCUT2D eigenvalue weighted by atomic mass is 32.2. The first-order valence-electron chi connectivity index (χ1n) is 9.17. The van der Waals surface area contributed by atoms with E-state index in [0.29, 0.717) is 5.56 Å². The lowest BCUT2D eigenvalue weighted by Crippen LogP contribution is -2.33. The molecule has 0 aromatic heterocycles. The van der Waals surface area contributed by atoms with Gasteiger partial charge in [0.2, 0.25) is 9.84 Å². The second kappa shape index (κ2) is 6.79. The Morgan fingerprint density at radius 2 is 1.50 bits per heavy atom. The normalized spacial score (nSPS) is 17.1. The Hall–Kier alpha value is -2.58. The van der Waals surface area contributed by atoms with Crippen molar-refractivity contribution in [2.75, 3.05) is 0 Å². The van der Waals surface area contributed by atoms with Crippen molar-refractivity contribution in [1.82, 2.24) is 0 Å². The summed E-state index contributed by atoms with van der Waals surface area (Å²) in [5.74, 6) is 1.42. The smallest absolute Gasteiger partial charge is 0.245 e. The highest BCUT2D eigenvalue weighted by Crippen LogP contribution is 2.45. The number of carbonyl (C=O) groups excluding carboxylic acids is 1. The maximum atomic E-state index is 12.5. The first-order valence-corrected chi connectivity index (χ1v) is 10.6. The Bertz CT molecular complexity index is 1100. The molecule has 0 fully saturated rings. The summed E-state index contributed by atoms with van der Waals surface area (Å²) < 4.78 is 24.9. The molecule has 0 radical (unpaired) electrons. The first-order chi connectivity index (χ1) is 12.9. The molecule has 1 aliphatic rings. The molecule has 146 valence electrons. The lowest BCUT2D eigenvalue weighted by Gasteiger charge is -2.41. The van der Waals surface area contributed by atoms with Crippen molar-refractivity contribution in [1.29, 1.82) is 0 Å². The summed E-state index contributed by atoms with van der Waals surface area (Å²) >= 11 is 0. The lowest BCUT2D eigenvalue weighted by atomic mass is 9.63. The van der Waals surface area contributed by atoms with Gasteiger partial charge in [0.1, 0.15) is 0 Å². The molecule has 28 heavy (non-hydrogen) atoms. The molecular weight excluding hydrogens is 372 g/mol. The number of carbonyl (C=O) groups is 1. The predicted octanol–water partition coefficient (Wildman–Crippen LogP) is 3.18. The summed E-state index contributed by atoms with van der Waals surface area (Å²) in [7, 11) is -3.85. The van der Waals surface area contributed by atoms with Crippen LogP contribution in [0.3, 0.4) is 0 Å². The van der Waals surface area contributed by atoms with Crippen molar-refractivity contribution in [3.05, 3.63) is 64.7 Å². The predicted molar refractivity (Wildman–Crippen MR) is 107 cm³/mol. The van der Waals surface area contributed by atoms with E-state index in [1.54, 1.807) is 0 Å². The molecular formula is C23H23O4S-. The average molecular weight is 396 g/mol. The fraction of sp³-hybridized carbons (Fsp3) is 0.348. The maximum Gasteiger partial charge on any atom is 0.245 e. The van der Waals surface area contributed by atoms with Gasteiger partial charge in [0.05, 0.1) is 10.9 Å². The van der Waals surface area contributed by atoms with E-state index in [0.717, 1.165) is 12.8 Å². The third kappa shape index (κ3) is 3.83. The summed E-state index contributed by atoms with van der Waals surface area (Å²) in [5.41, 5.74) is 3.18. The molecule has 0 unspecified atom stereocenters. The SMILES string of the molecule is CC1(C)CCC(C)(C)c2cc(C#CS(=O)(=O)c3ccc(C(=O)[O-])cc3)ccc21. The van der Waals surface area contributed by atoms with E-state index in [1.165, 1.54) is 35.4 Å². The molecule has 4 nitrogen and oxygen atoms in total. The number of rotatable bonds is 2. The molecule has 0 heterocycles. The summed E-state index contributed by atoms with van der Waals surface area (Å²) in [6, 6.07) is 10.8. The number of carboxylic acids is 1. The van der Waals surface area contributed by atoms with E-state index in [9.17, 15) is 18.3 Å². The van der Waals surface area contributed by atoms with Gasteiger partial charge in [-0.05, 0) is 70.5 Å². The minimum Gasteiger partial charge on any atom is -0.545 e. The quantitative estimate of drug-likeness (QED) is 0.732. The van der Waals surface area contributed by atoms with Gasteiger partial charge in [0.25, 0.3) is 0 Å². The monoisotopic (exact) mass is 395 g/mol. The second-order valence-electron chi connectivity index (χ2n) is 8.57. The van der Waals surface area contributed by atoms with E-state index in [-0.39, 0.29) is 21.3 Å². The van der Waals surface area contributed by atoms with Crippen molar-refractivity contribution in [3.8, 4) is 11.2 Å². The second-order valence-corrected chi connectivity index (χ2v) is 10.3. The lowest BCUT2D eigenvalue weighted by molar-refractivity contribution is -0.255.